The number of fused-ring (bicyclic) bond motifs is 1. The summed E-state index contributed by atoms with van der Waals surface area (Å²) in [6.45, 7) is 5.11. The Morgan fingerprint density at radius 2 is 2.40 bits per heavy atom. The lowest BCUT2D eigenvalue weighted by Crippen LogP contribution is -2.28. The van der Waals surface area contributed by atoms with E-state index in [1.807, 2.05) is 17.5 Å². The molecule has 3 heterocycles. The number of hydrogen-bond acceptors (Lipinski definition) is 3. The summed E-state index contributed by atoms with van der Waals surface area (Å²) in [5, 5.41) is 3.33. The van der Waals surface area contributed by atoms with E-state index < -0.39 is 0 Å². The number of nitrogens with zero attached hydrogens (tertiary/aromatic N) is 2. The van der Waals surface area contributed by atoms with Crippen LogP contribution in [0, 0.1) is 6.92 Å². The van der Waals surface area contributed by atoms with E-state index in [-0.39, 0.29) is 0 Å². The molecular formula is C11H13N3S. The fourth-order valence-corrected chi connectivity index (χ4v) is 2.85. The predicted molar refractivity (Wildman–Crippen MR) is 62.0 cm³/mol. The van der Waals surface area contributed by atoms with Crippen molar-refractivity contribution in [2.75, 3.05) is 6.54 Å². The van der Waals surface area contributed by atoms with Gasteiger partial charge >= 0.3 is 0 Å². The molecule has 0 aliphatic carbocycles. The molecule has 1 aliphatic heterocycles. The van der Waals surface area contributed by atoms with E-state index in [4.69, 9.17) is 0 Å². The van der Waals surface area contributed by atoms with Crippen LogP contribution in [0.4, 0.5) is 0 Å². The van der Waals surface area contributed by atoms with Gasteiger partial charge in [0.05, 0.1) is 23.3 Å². The molecule has 0 saturated carbocycles. The second-order valence-electron chi connectivity index (χ2n) is 3.80. The van der Waals surface area contributed by atoms with E-state index in [1.165, 1.54) is 15.4 Å². The number of nitrogens with one attached hydrogen (secondary N) is 1. The molecule has 0 atom stereocenters. The number of thiophene rings is 1. The quantitative estimate of drug-likeness (QED) is 0.795. The van der Waals surface area contributed by atoms with Gasteiger partial charge in [-0.25, -0.2) is 4.98 Å². The molecule has 0 aromatic carbocycles. The van der Waals surface area contributed by atoms with Crippen molar-refractivity contribution in [3.05, 3.63) is 29.0 Å². The van der Waals surface area contributed by atoms with Gasteiger partial charge in [0.15, 0.2) is 0 Å². The summed E-state index contributed by atoms with van der Waals surface area (Å²) in [5.74, 6) is 1.15. The number of rotatable bonds is 1. The highest BCUT2D eigenvalue weighted by Gasteiger charge is 2.15. The largest absolute Gasteiger partial charge is 0.325 e. The Labute approximate surface area is 92.8 Å². The zero-order chi connectivity index (χ0) is 10.3. The molecule has 0 fully saturated rings. The van der Waals surface area contributed by atoms with Gasteiger partial charge < -0.3 is 9.88 Å². The van der Waals surface area contributed by atoms with Crippen molar-refractivity contribution in [1.29, 1.82) is 0 Å². The lowest BCUT2D eigenvalue weighted by Gasteiger charge is -2.16. The highest BCUT2D eigenvalue weighted by Crippen LogP contribution is 2.28. The molecule has 0 spiro atoms. The topological polar surface area (TPSA) is 29.9 Å². The normalized spacial score (nSPS) is 15.3. The third-order valence-corrected chi connectivity index (χ3v) is 3.75. The van der Waals surface area contributed by atoms with E-state index in [0.717, 1.165) is 25.5 Å². The molecule has 0 saturated heterocycles. The van der Waals surface area contributed by atoms with Crippen LogP contribution in [0.3, 0.4) is 0 Å². The fraction of sp³-hybridized carbons (Fsp3) is 0.364. The molecule has 2 aromatic heterocycles. The monoisotopic (exact) mass is 219 g/mol. The maximum absolute atomic E-state index is 4.45. The highest BCUT2D eigenvalue weighted by molar-refractivity contribution is 7.15. The smallest absolute Gasteiger partial charge is 0.123 e. The van der Waals surface area contributed by atoms with E-state index in [9.17, 15) is 0 Å². The number of hydrogen-bond donors (Lipinski definition) is 1. The van der Waals surface area contributed by atoms with Gasteiger partial charge in [0.25, 0.3) is 0 Å². The van der Waals surface area contributed by atoms with Crippen LogP contribution >= 0.6 is 11.3 Å². The molecule has 15 heavy (non-hydrogen) atoms. The van der Waals surface area contributed by atoms with Crippen LogP contribution in [0.5, 0.6) is 0 Å². The van der Waals surface area contributed by atoms with E-state index in [2.05, 4.69) is 33.9 Å². The third-order valence-electron chi connectivity index (χ3n) is 2.73. The first-order valence-corrected chi connectivity index (χ1v) is 5.98. The van der Waals surface area contributed by atoms with Crippen molar-refractivity contribution in [2.24, 2.45) is 0 Å². The van der Waals surface area contributed by atoms with Crippen LogP contribution in [0.25, 0.3) is 10.6 Å². The van der Waals surface area contributed by atoms with Crippen molar-refractivity contribution >= 4 is 11.3 Å². The minimum Gasteiger partial charge on any atom is -0.325 e. The summed E-state index contributed by atoms with van der Waals surface area (Å²) in [6, 6.07) is 4.35. The second-order valence-corrected chi connectivity index (χ2v) is 5.09. The number of aromatic nitrogens is 2. The van der Waals surface area contributed by atoms with Crippen molar-refractivity contribution in [2.45, 2.75) is 20.0 Å². The molecular weight excluding hydrogens is 206 g/mol. The molecule has 1 N–H and O–H groups in total. The first-order valence-electron chi connectivity index (χ1n) is 5.16. The summed E-state index contributed by atoms with van der Waals surface area (Å²) >= 11 is 1.84. The first-order chi connectivity index (χ1) is 7.34. The van der Waals surface area contributed by atoms with Crippen LogP contribution in [0.1, 0.15) is 10.7 Å². The average Bonchev–Trinajstić information content (AvgIpc) is 2.83. The Kier molecular flexibility index (Phi) is 2.11. The SMILES string of the molecule is Cc1ccc(-c2cnc3n2CCNC3)s1. The third kappa shape index (κ3) is 1.50. The predicted octanol–water partition coefficient (Wildman–Crippen LogP) is 2.02. The standard InChI is InChI=1S/C11H13N3S/c1-8-2-3-10(15-8)9-6-13-11-7-12-4-5-14(9)11/h2-3,6,12H,4-5,7H2,1H3. The summed E-state index contributed by atoms with van der Waals surface area (Å²) in [4.78, 5) is 7.13. The zero-order valence-corrected chi connectivity index (χ0v) is 9.47. The van der Waals surface area contributed by atoms with Crippen LogP contribution in [-0.4, -0.2) is 16.1 Å². The number of imidazole rings is 1. The Bertz CT molecular complexity index is 484. The van der Waals surface area contributed by atoms with Crippen LogP contribution in [0.15, 0.2) is 18.3 Å². The van der Waals surface area contributed by atoms with Crippen molar-refractivity contribution in [3.63, 3.8) is 0 Å². The minimum absolute atomic E-state index is 0.893. The van der Waals surface area contributed by atoms with Gasteiger partial charge in [0.1, 0.15) is 5.82 Å². The van der Waals surface area contributed by atoms with Gasteiger partial charge in [-0.1, -0.05) is 0 Å². The molecule has 0 amide bonds. The van der Waals surface area contributed by atoms with Crippen LogP contribution in [0.2, 0.25) is 0 Å². The minimum atomic E-state index is 0.893. The van der Waals surface area contributed by atoms with Crippen molar-refractivity contribution in [3.8, 4) is 10.6 Å². The maximum atomic E-state index is 4.45. The van der Waals surface area contributed by atoms with E-state index in [1.54, 1.807) is 0 Å². The second kappa shape index (κ2) is 3.47. The number of aryl methyl sites for hydroxylation is 1. The van der Waals surface area contributed by atoms with E-state index in [0.29, 0.717) is 0 Å². The van der Waals surface area contributed by atoms with E-state index >= 15 is 0 Å². The lowest BCUT2D eigenvalue weighted by atomic mass is 10.3. The Hall–Kier alpha value is -1.13. The molecule has 0 bridgehead atoms. The summed E-state index contributed by atoms with van der Waals surface area (Å²) < 4.78 is 2.32. The highest BCUT2D eigenvalue weighted by atomic mass is 32.1. The summed E-state index contributed by atoms with van der Waals surface area (Å²) in [6.07, 6.45) is 1.99. The molecule has 2 aromatic rings. The van der Waals surface area contributed by atoms with Gasteiger partial charge in [0.2, 0.25) is 0 Å². The lowest BCUT2D eigenvalue weighted by molar-refractivity contribution is 0.509. The molecule has 4 heteroatoms. The molecule has 3 nitrogen and oxygen atoms in total. The van der Waals surface area contributed by atoms with Crippen molar-refractivity contribution in [1.82, 2.24) is 14.9 Å². The van der Waals surface area contributed by atoms with Gasteiger partial charge in [-0.05, 0) is 19.1 Å². The molecule has 0 unspecified atom stereocenters. The van der Waals surface area contributed by atoms with Crippen LogP contribution in [-0.2, 0) is 13.1 Å². The first kappa shape index (κ1) is 9.12. The summed E-state index contributed by atoms with van der Waals surface area (Å²) in [7, 11) is 0. The Balaban J connectivity index is 2.08. The van der Waals surface area contributed by atoms with Gasteiger partial charge in [0, 0.05) is 18.0 Å². The van der Waals surface area contributed by atoms with Gasteiger partial charge in [-0.3, -0.25) is 0 Å². The fourth-order valence-electron chi connectivity index (χ4n) is 1.96. The Morgan fingerprint density at radius 3 is 3.20 bits per heavy atom. The van der Waals surface area contributed by atoms with Gasteiger partial charge in [-0.2, -0.15) is 0 Å². The van der Waals surface area contributed by atoms with Crippen molar-refractivity contribution < 1.29 is 0 Å². The Morgan fingerprint density at radius 1 is 1.47 bits per heavy atom. The van der Waals surface area contributed by atoms with Gasteiger partial charge in [-0.15, -0.1) is 11.3 Å². The zero-order valence-electron chi connectivity index (χ0n) is 8.66. The average molecular weight is 219 g/mol. The van der Waals surface area contributed by atoms with Crippen LogP contribution < -0.4 is 5.32 Å². The molecule has 3 rings (SSSR count). The maximum Gasteiger partial charge on any atom is 0.123 e. The molecule has 1 aliphatic rings. The molecule has 78 valence electrons. The summed E-state index contributed by atoms with van der Waals surface area (Å²) in [5.41, 5.74) is 1.27. The molecule has 0 radical (unpaired) electrons.